The van der Waals surface area contributed by atoms with Gasteiger partial charge in [-0.05, 0) is 60.8 Å². The fourth-order valence-electron chi connectivity index (χ4n) is 6.25. The van der Waals surface area contributed by atoms with E-state index in [4.69, 9.17) is 0 Å². The maximum Gasteiger partial charge on any atom is 0.320 e. The van der Waals surface area contributed by atoms with Crippen molar-refractivity contribution in [1.82, 2.24) is 15.6 Å². The molecule has 234 valence electrons. The second-order valence-electron chi connectivity index (χ2n) is 12.7. The molecule has 2 unspecified atom stereocenters. The van der Waals surface area contributed by atoms with Gasteiger partial charge in [0.25, 0.3) is 5.69 Å². The number of aromatic nitrogens is 1. The van der Waals surface area contributed by atoms with Gasteiger partial charge in [-0.2, -0.15) is 0 Å². The van der Waals surface area contributed by atoms with Crippen molar-refractivity contribution in [2.45, 2.75) is 96.6 Å². The second kappa shape index (κ2) is 14.5. The summed E-state index contributed by atoms with van der Waals surface area (Å²) in [7, 11) is 0. The van der Waals surface area contributed by atoms with Crippen molar-refractivity contribution in [3.05, 3.63) is 99.4 Å². The lowest BCUT2D eigenvalue weighted by Crippen LogP contribution is -2.60. The molecule has 0 radical (unpaired) electrons. The molecular weight excluding hydrogens is 554 g/mol. The van der Waals surface area contributed by atoms with E-state index in [9.17, 15) is 19.7 Å². The normalized spacial score (nSPS) is 15.8. The number of rotatable bonds is 11. The van der Waals surface area contributed by atoms with Crippen LogP contribution in [0.3, 0.4) is 0 Å². The molecule has 1 aromatic heterocycles. The Hall–Kier alpha value is -4.27. The summed E-state index contributed by atoms with van der Waals surface area (Å²) < 4.78 is 0. The Morgan fingerprint density at radius 2 is 1.57 bits per heavy atom. The minimum atomic E-state index is -1.53. The highest BCUT2D eigenvalue weighted by Crippen LogP contribution is 2.35. The number of hydrogen-bond donors (Lipinski definition) is 3. The number of urea groups is 1. The monoisotopic (exact) mass is 599 g/mol. The fourth-order valence-corrected chi connectivity index (χ4v) is 6.25. The Labute approximate surface area is 260 Å². The van der Waals surface area contributed by atoms with E-state index in [0.29, 0.717) is 5.56 Å². The van der Waals surface area contributed by atoms with Crippen molar-refractivity contribution in [1.29, 1.82) is 0 Å². The zero-order valence-electron chi connectivity index (χ0n) is 26.4. The lowest BCUT2D eigenvalue weighted by Gasteiger charge is -2.35. The number of anilines is 1. The van der Waals surface area contributed by atoms with E-state index in [2.05, 4.69) is 48.6 Å². The topological polar surface area (TPSA) is 126 Å². The van der Waals surface area contributed by atoms with Crippen LogP contribution in [0.1, 0.15) is 107 Å². The van der Waals surface area contributed by atoms with E-state index < -0.39 is 22.4 Å². The van der Waals surface area contributed by atoms with Gasteiger partial charge in [0.15, 0.2) is 0 Å². The Kier molecular flexibility index (Phi) is 10.7. The summed E-state index contributed by atoms with van der Waals surface area (Å²) in [5.41, 5.74) is 2.19. The summed E-state index contributed by atoms with van der Waals surface area (Å²) in [6, 6.07) is 17.1. The molecule has 1 saturated carbocycles. The molecule has 44 heavy (non-hydrogen) atoms. The fraction of sp³-hybridized carbons (Fsp3) is 0.457. The molecule has 2 atom stereocenters. The number of para-hydroxylation sites is 2. The molecule has 0 saturated heterocycles. The van der Waals surface area contributed by atoms with Crippen LogP contribution in [0.5, 0.6) is 0 Å². The highest BCUT2D eigenvalue weighted by atomic mass is 16.6. The van der Waals surface area contributed by atoms with Crippen LogP contribution in [0.25, 0.3) is 0 Å². The van der Waals surface area contributed by atoms with Gasteiger partial charge in [0, 0.05) is 29.9 Å². The average Bonchev–Trinajstić information content (AvgIpc) is 3.00. The quantitative estimate of drug-likeness (QED) is 0.153. The van der Waals surface area contributed by atoms with Gasteiger partial charge in [-0.25, -0.2) is 4.79 Å². The number of nitro benzene ring substituents is 1. The van der Waals surface area contributed by atoms with E-state index in [1.54, 1.807) is 31.3 Å². The first-order valence-corrected chi connectivity index (χ1v) is 15.7. The smallest absolute Gasteiger partial charge is 0.320 e. The number of carbonyl (C=O) groups excluding carboxylic acids is 2. The van der Waals surface area contributed by atoms with Crippen LogP contribution in [0, 0.1) is 16.0 Å². The van der Waals surface area contributed by atoms with Crippen molar-refractivity contribution >= 4 is 23.3 Å². The summed E-state index contributed by atoms with van der Waals surface area (Å²) in [4.78, 5) is 44.2. The Bertz CT molecular complexity index is 1430. The van der Waals surface area contributed by atoms with Gasteiger partial charge < -0.3 is 16.0 Å². The van der Waals surface area contributed by atoms with E-state index in [-0.39, 0.29) is 35.9 Å². The number of nitrogens with one attached hydrogen (secondary N) is 3. The minimum absolute atomic E-state index is 0.0775. The highest BCUT2D eigenvalue weighted by molar-refractivity contribution is 5.97. The van der Waals surface area contributed by atoms with Crippen molar-refractivity contribution in [2.24, 2.45) is 5.92 Å². The van der Waals surface area contributed by atoms with Gasteiger partial charge in [0.2, 0.25) is 5.91 Å². The number of nitro groups is 1. The summed E-state index contributed by atoms with van der Waals surface area (Å²) >= 11 is 0. The van der Waals surface area contributed by atoms with Crippen LogP contribution in [0.15, 0.2) is 66.9 Å². The standard InChI is InChI=1S/C35H45N5O4/c1-23(2)27-17-13-18-28(24(3)4)32(27)38-34(42)39-35(5,22-26-16-9-10-20-30(26)40(43)44)33(41)37-31(25-14-7-6-8-15-25)29-19-11-12-21-36-29/h9-13,16-21,23-25,31H,6-8,14-15,22H2,1-5H3,(H,37,41)(H2,38,39,42). The molecule has 3 N–H and O–H groups in total. The third-order valence-corrected chi connectivity index (χ3v) is 8.65. The Morgan fingerprint density at radius 1 is 0.932 bits per heavy atom. The van der Waals surface area contributed by atoms with Crippen LogP contribution >= 0.6 is 0 Å². The van der Waals surface area contributed by atoms with Crippen LogP contribution < -0.4 is 16.0 Å². The maximum absolute atomic E-state index is 14.4. The van der Waals surface area contributed by atoms with Gasteiger partial charge in [-0.1, -0.05) is 89.4 Å². The molecule has 9 heteroatoms. The third-order valence-electron chi connectivity index (χ3n) is 8.65. The zero-order valence-corrected chi connectivity index (χ0v) is 26.4. The summed E-state index contributed by atoms with van der Waals surface area (Å²) in [5, 5.41) is 21.1. The van der Waals surface area contributed by atoms with Crippen molar-refractivity contribution in [3.8, 4) is 0 Å². The molecule has 9 nitrogen and oxygen atoms in total. The molecular formula is C35H45N5O4. The lowest BCUT2D eigenvalue weighted by molar-refractivity contribution is -0.385. The van der Waals surface area contributed by atoms with E-state index >= 15 is 0 Å². The molecule has 1 heterocycles. The molecule has 0 spiro atoms. The predicted molar refractivity (Wildman–Crippen MR) is 174 cm³/mol. The van der Waals surface area contributed by atoms with Crippen LogP contribution in [0.4, 0.5) is 16.2 Å². The van der Waals surface area contributed by atoms with Crippen molar-refractivity contribution < 1.29 is 14.5 Å². The minimum Gasteiger partial charge on any atom is -0.345 e. The Balaban J connectivity index is 1.70. The number of amides is 3. The molecule has 1 aliphatic carbocycles. The van der Waals surface area contributed by atoms with Gasteiger partial charge in [-0.15, -0.1) is 0 Å². The number of benzene rings is 2. The molecule has 3 aromatic rings. The first-order chi connectivity index (χ1) is 21.0. The van der Waals surface area contributed by atoms with E-state index in [1.807, 2.05) is 36.4 Å². The van der Waals surface area contributed by atoms with E-state index in [1.165, 1.54) is 6.07 Å². The average molecular weight is 600 g/mol. The first kappa shape index (κ1) is 32.6. The maximum atomic E-state index is 14.4. The summed E-state index contributed by atoms with van der Waals surface area (Å²) in [5.74, 6) is 0.0760. The summed E-state index contributed by atoms with van der Waals surface area (Å²) in [6.45, 7) is 9.90. The molecule has 4 rings (SSSR count). The molecule has 1 aliphatic rings. The number of nitrogens with zero attached hydrogens (tertiary/aromatic N) is 2. The number of carbonyl (C=O) groups is 2. The largest absolute Gasteiger partial charge is 0.345 e. The van der Waals surface area contributed by atoms with E-state index in [0.717, 1.165) is 54.6 Å². The second-order valence-corrected chi connectivity index (χ2v) is 12.7. The SMILES string of the molecule is CC(C)c1cccc(C(C)C)c1NC(=O)NC(C)(Cc1ccccc1[N+](=O)[O-])C(=O)NC(c1ccccn1)C1CCCCC1. The van der Waals surface area contributed by atoms with Gasteiger partial charge in [0.1, 0.15) is 5.54 Å². The van der Waals surface area contributed by atoms with Crippen LogP contribution in [-0.2, 0) is 11.2 Å². The van der Waals surface area contributed by atoms with Gasteiger partial charge >= 0.3 is 6.03 Å². The first-order valence-electron chi connectivity index (χ1n) is 15.7. The van der Waals surface area contributed by atoms with Gasteiger partial charge in [-0.3, -0.25) is 19.9 Å². The number of hydrogen-bond acceptors (Lipinski definition) is 5. The molecule has 0 aliphatic heterocycles. The number of pyridine rings is 1. The van der Waals surface area contributed by atoms with Crippen molar-refractivity contribution in [2.75, 3.05) is 5.32 Å². The lowest BCUT2D eigenvalue weighted by atomic mass is 9.81. The van der Waals surface area contributed by atoms with Gasteiger partial charge in [0.05, 0.1) is 16.7 Å². The van der Waals surface area contributed by atoms with Crippen LogP contribution in [0.2, 0.25) is 0 Å². The Morgan fingerprint density at radius 3 is 2.16 bits per heavy atom. The summed E-state index contributed by atoms with van der Waals surface area (Å²) in [6.07, 6.45) is 6.87. The van der Waals surface area contributed by atoms with Crippen molar-refractivity contribution in [3.63, 3.8) is 0 Å². The predicted octanol–water partition coefficient (Wildman–Crippen LogP) is 7.80. The third kappa shape index (κ3) is 7.81. The molecule has 0 bridgehead atoms. The van der Waals surface area contributed by atoms with Crippen LogP contribution in [-0.4, -0.2) is 27.4 Å². The molecule has 2 aromatic carbocycles. The molecule has 3 amide bonds. The molecule has 1 fully saturated rings. The zero-order chi connectivity index (χ0) is 31.9. The highest BCUT2D eigenvalue weighted by Gasteiger charge is 2.40.